The van der Waals surface area contributed by atoms with Gasteiger partial charge >= 0.3 is 0 Å². The van der Waals surface area contributed by atoms with Crippen LogP contribution >= 0.6 is 22.9 Å². The van der Waals surface area contributed by atoms with Crippen LogP contribution in [0.2, 0.25) is 5.02 Å². The largest absolute Gasteiger partial charge is 0.478 e. The van der Waals surface area contributed by atoms with Crippen molar-refractivity contribution < 1.29 is 9.53 Å². The number of hydrogen-bond donors (Lipinski definition) is 1. The minimum Gasteiger partial charge on any atom is -0.478 e. The Balaban J connectivity index is 2.04. The molecule has 1 heterocycles. The number of anilines is 1. The number of carbonyl (C=O) groups excluding carboxylic acids is 1. The molecule has 1 N–H and O–H groups in total. The summed E-state index contributed by atoms with van der Waals surface area (Å²) in [6.07, 6.45) is 1.63. The quantitative estimate of drug-likeness (QED) is 0.938. The lowest BCUT2D eigenvalue weighted by Crippen LogP contribution is -2.42. The lowest BCUT2D eigenvalue weighted by atomic mass is 10.1. The van der Waals surface area contributed by atoms with Gasteiger partial charge in [0.05, 0.1) is 0 Å². The first kappa shape index (κ1) is 13.8. The first-order chi connectivity index (χ1) is 8.97. The minimum atomic E-state index is -1.00. The first-order valence-electron chi connectivity index (χ1n) is 5.63. The molecule has 0 atom stereocenters. The van der Waals surface area contributed by atoms with Gasteiger partial charge in [-0.1, -0.05) is 11.6 Å². The van der Waals surface area contributed by atoms with Crippen molar-refractivity contribution >= 4 is 34.0 Å². The van der Waals surface area contributed by atoms with Crippen LogP contribution in [0, 0.1) is 0 Å². The number of benzene rings is 1. The second-order valence-corrected chi connectivity index (χ2v) is 5.69. The fraction of sp³-hybridized carbons (Fsp3) is 0.231. The molecule has 0 aliphatic rings. The molecule has 0 bridgehead atoms. The topological polar surface area (TPSA) is 51.2 Å². The second-order valence-electron chi connectivity index (χ2n) is 4.36. The summed E-state index contributed by atoms with van der Waals surface area (Å²) in [5.74, 6) is 0.334. The Morgan fingerprint density at radius 2 is 2.05 bits per heavy atom. The summed E-state index contributed by atoms with van der Waals surface area (Å²) >= 11 is 7.16. The van der Waals surface area contributed by atoms with E-state index >= 15 is 0 Å². The summed E-state index contributed by atoms with van der Waals surface area (Å²) in [4.78, 5) is 16.1. The number of thiazole rings is 1. The molecule has 0 spiro atoms. The van der Waals surface area contributed by atoms with Crippen LogP contribution in [0.15, 0.2) is 35.8 Å². The van der Waals surface area contributed by atoms with Crippen LogP contribution in [0.3, 0.4) is 0 Å². The molecule has 0 aliphatic heterocycles. The molecular formula is C13H13ClN2O2S. The molecule has 6 heteroatoms. The molecule has 2 rings (SSSR count). The van der Waals surface area contributed by atoms with Crippen molar-refractivity contribution in [1.29, 1.82) is 0 Å². The van der Waals surface area contributed by atoms with Gasteiger partial charge in [0.1, 0.15) is 5.75 Å². The maximum atomic E-state index is 12.1. The summed E-state index contributed by atoms with van der Waals surface area (Å²) in [7, 11) is 0. The van der Waals surface area contributed by atoms with Crippen molar-refractivity contribution in [3.8, 4) is 5.75 Å². The van der Waals surface area contributed by atoms with Crippen LogP contribution in [-0.4, -0.2) is 16.5 Å². The Morgan fingerprint density at radius 1 is 1.37 bits per heavy atom. The van der Waals surface area contributed by atoms with E-state index < -0.39 is 5.60 Å². The third-order valence-corrected chi connectivity index (χ3v) is 3.33. The number of aromatic nitrogens is 1. The average molecular weight is 297 g/mol. The fourth-order valence-electron chi connectivity index (χ4n) is 1.38. The maximum absolute atomic E-state index is 12.1. The number of rotatable bonds is 4. The van der Waals surface area contributed by atoms with Gasteiger partial charge < -0.3 is 4.74 Å². The molecule has 0 saturated heterocycles. The van der Waals surface area contributed by atoms with Gasteiger partial charge in [0.15, 0.2) is 10.7 Å². The van der Waals surface area contributed by atoms with Crippen LogP contribution in [0.5, 0.6) is 5.75 Å². The lowest BCUT2D eigenvalue weighted by molar-refractivity contribution is -0.128. The zero-order valence-electron chi connectivity index (χ0n) is 10.5. The molecule has 1 aromatic heterocycles. The van der Waals surface area contributed by atoms with Crippen molar-refractivity contribution in [3.05, 3.63) is 40.9 Å². The molecule has 0 radical (unpaired) electrons. The highest BCUT2D eigenvalue weighted by Crippen LogP contribution is 2.22. The number of nitrogens with one attached hydrogen (secondary N) is 1. The van der Waals surface area contributed by atoms with E-state index in [-0.39, 0.29) is 5.91 Å². The Hall–Kier alpha value is -1.59. The van der Waals surface area contributed by atoms with E-state index in [9.17, 15) is 4.79 Å². The molecule has 0 aliphatic carbocycles. The molecule has 2 aromatic rings. The predicted octanol–water partition coefficient (Wildman–Crippen LogP) is 3.59. The maximum Gasteiger partial charge on any atom is 0.269 e. The molecule has 4 nitrogen and oxygen atoms in total. The Kier molecular flexibility index (Phi) is 4.07. The smallest absolute Gasteiger partial charge is 0.269 e. The van der Waals surface area contributed by atoms with Gasteiger partial charge in [-0.2, -0.15) is 0 Å². The number of amides is 1. The van der Waals surface area contributed by atoms with Crippen LogP contribution < -0.4 is 10.1 Å². The van der Waals surface area contributed by atoms with Crippen molar-refractivity contribution in [1.82, 2.24) is 4.98 Å². The van der Waals surface area contributed by atoms with E-state index in [1.807, 2.05) is 0 Å². The third kappa shape index (κ3) is 3.68. The standard InChI is InChI=1S/C13H13ClN2O2S/c1-13(2,11(17)16-12-15-7-8-19-12)18-10-5-3-9(14)4-6-10/h3-8H,1-2H3,(H,15,16,17). The van der Waals surface area contributed by atoms with Crippen molar-refractivity contribution in [3.63, 3.8) is 0 Å². The molecule has 0 saturated carbocycles. The van der Waals surface area contributed by atoms with Gasteiger partial charge in [0, 0.05) is 16.6 Å². The van der Waals surface area contributed by atoms with E-state index in [4.69, 9.17) is 16.3 Å². The number of hydrogen-bond acceptors (Lipinski definition) is 4. The van der Waals surface area contributed by atoms with E-state index in [0.717, 1.165) is 0 Å². The Bertz CT molecular complexity index is 553. The molecule has 1 aromatic carbocycles. The highest BCUT2D eigenvalue weighted by molar-refractivity contribution is 7.13. The highest BCUT2D eigenvalue weighted by atomic mass is 35.5. The summed E-state index contributed by atoms with van der Waals surface area (Å²) in [6, 6.07) is 6.87. The molecule has 0 unspecified atom stereocenters. The monoisotopic (exact) mass is 296 g/mol. The summed E-state index contributed by atoms with van der Waals surface area (Å²) in [6.45, 7) is 3.40. The number of nitrogens with zero attached hydrogens (tertiary/aromatic N) is 1. The van der Waals surface area contributed by atoms with Gasteiger partial charge in [-0.25, -0.2) is 4.98 Å². The van der Waals surface area contributed by atoms with Gasteiger partial charge in [0.25, 0.3) is 5.91 Å². The van der Waals surface area contributed by atoms with Gasteiger partial charge in [-0.3, -0.25) is 10.1 Å². The van der Waals surface area contributed by atoms with Crippen LogP contribution in [0.25, 0.3) is 0 Å². The number of carbonyl (C=O) groups is 1. The van der Waals surface area contributed by atoms with Gasteiger partial charge in [-0.15, -0.1) is 11.3 Å². The summed E-state index contributed by atoms with van der Waals surface area (Å²) in [5, 5.41) is 5.68. The molecule has 0 fully saturated rings. The molecule has 100 valence electrons. The molecule has 1 amide bonds. The zero-order chi connectivity index (χ0) is 13.9. The zero-order valence-corrected chi connectivity index (χ0v) is 12.1. The van der Waals surface area contributed by atoms with Crippen LogP contribution in [0.1, 0.15) is 13.8 Å². The third-order valence-electron chi connectivity index (χ3n) is 2.39. The van der Waals surface area contributed by atoms with E-state index in [1.54, 1.807) is 49.7 Å². The summed E-state index contributed by atoms with van der Waals surface area (Å²) in [5.41, 5.74) is -1.00. The van der Waals surface area contributed by atoms with Gasteiger partial charge in [-0.05, 0) is 38.1 Å². The predicted molar refractivity (Wildman–Crippen MR) is 76.9 cm³/mol. The van der Waals surface area contributed by atoms with Crippen LogP contribution in [0.4, 0.5) is 5.13 Å². The SMILES string of the molecule is CC(C)(Oc1ccc(Cl)cc1)C(=O)Nc1nccs1. The van der Waals surface area contributed by atoms with Crippen molar-refractivity contribution in [2.45, 2.75) is 19.4 Å². The molecule has 19 heavy (non-hydrogen) atoms. The first-order valence-corrected chi connectivity index (χ1v) is 6.89. The fourth-order valence-corrected chi connectivity index (χ4v) is 2.03. The Labute approximate surface area is 120 Å². The van der Waals surface area contributed by atoms with Crippen LogP contribution in [-0.2, 0) is 4.79 Å². The van der Waals surface area contributed by atoms with Gasteiger partial charge in [0.2, 0.25) is 0 Å². The second kappa shape index (κ2) is 5.59. The average Bonchev–Trinajstić information content (AvgIpc) is 2.84. The Morgan fingerprint density at radius 3 is 2.63 bits per heavy atom. The summed E-state index contributed by atoms with van der Waals surface area (Å²) < 4.78 is 5.67. The van der Waals surface area contributed by atoms with E-state index in [2.05, 4.69) is 10.3 Å². The number of halogens is 1. The number of ether oxygens (including phenoxy) is 1. The lowest BCUT2D eigenvalue weighted by Gasteiger charge is -2.24. The van der Waals surface area contributed by atoms with Crippen molar-refractivity contribution in [2.24, 2.45) is 0 Å². The van der Waals surface area contributed by atoms with E-state index in [0.29, 0.717) is 15.9 Å². The van der Waals surface area contributed by atoms with Crippen molar-refractivity contribution in [2.75, 3.05) is 5.32 Å². The minimum absolute atomic E-state index is 0.252. The highest BCUT2D eigenvalue weighted by Gasteiger charge is 2.30. The van der Waals surface area contributed by atoms with E-state index in [1.165, 1.54) is 11.3 Å². The molecular weight excluding hydrogens is 284 g/mol. The normalized spacial score (nSPS) is 11.1.